The molecule has 9 heteroatoms. The van der Waals surface area contributed by atoms with Gasteiger partial charge >= 0.3 is 11.1 Å². The Balaban J connectivity index is 1.65. The van der Waals surface area contributed by atoms with Crippen LogP contribution in [-0.2, 0) is 19.4 Å². The second-order valence-corrected chi connectivity index (χ2v) is 6.64. The average molecular weight is 439 g/mol. The number of amides is 1. The van der Waals surface area contributed by atoms with Crippen molar-refractivity contribution in [3.8, 4) is 0 Å². The second-order valence-electron chi connectivity index (χ2n) is 6.29. The summed E-state index contributed by atoms with van der Waals surface area (Å²) >= 11 is 4.93. The van der Waals surface area contributed by atoms with Crippen molar-refractivity contribution in [3.05, 3.63) is 72.7 Å². The molecule has 8 nitrogen and oxygen atoms in total. The molecule has 1 fully saturated rings. The van der Waals surface area contributed by atoms with E-state index in [1.807, 2.05) is 24.3 Å². The quantitative estimate of drug-likeness (QED) is 0.130. The maximum Gasteiger partial charge on any atom is 0.324 e. The Morgan fingerprint density at radius 1 is 1.06 bits per heavy atom. The lowest BCUT2D eigenvalue weighted by Gasteiger charge is -2.20. The lowest BCUT2D eigenvalue weighted by Crippen LogP contribution is -2.28. The molecule has 31 heavy (non-hydrogen) atoms. The van der Waals surface area contributed by atoms with Crippen molar-refractivity contribution in [3.63, 3.8) is 0 Å². The van der Waals surface area contributed by atoms with Crippen molar-refractivity contribution in [2.75, 3.05) is 18.0 Å². The van der Waals surface area contributed by atoms with Crippen LogP contribution in [0.3, 0.4) is 0 Å². The van der Waals surface area contributed by atoms with Gasteiger partial charge in [-0.1, -0.05) is 23.8 Å². The fourth-order valence-corrected chi connectivity index (χ4v) is 3.02. The Bertz CT molecular complexity index is 999. The number of nitrogens with zero attached hydrogens (tertiary/aromatic N) is 4. The number of hydroxylamine groups is 2. The van der Waals surface area contributed by atoms with Crippen molar-refractivity contribution in [2.45, 2.75) is 13.8 Å². The second kappa shape index (κ2) is 10.5. The highest BCUT2D eigenvalue weighted by molar-refractivity contribution is 7.80. The maximum atomic E-state index is 12.2. The Kier molecular flexibility index (Phi) is 7.47. The molecule has 0 unspecified atom stereocenters. The zero-order chi connectivity index (χ0) is 22.2. The number of anilines is 1. The van der Waals surface area contributed by atoms with Gasteiger partial charge in [-0.05, 0) is 79.1 Å². The highest BCUT2D eigenvalue weighted by Crippen LogP contribution is 2.24. The zero-order valence-corrected chi connectivity index (χ0v) is 18.0. The van der Waals surface area contributed by atoms with Crippen LogP contribution in [-0.4, -0.2) is 29.2 Å². The summed E-state index contributed by atoms with van der Waals surface area (Å²) in [6.07, 6.45) is 2.56. The Morgan fingerprint density at radius 2 is 1.65 bits per heavy atom. The molecule has 1 aliphatic heterocycles. The van der Waals surface area contributed by atoms with Crippen LogP contribution in [0.2, 0.25) is 0 Å². The van der Waals surface area contributed by atoms with Gasteiger partial charge in [0.2, 0.25) is 0 Å². The van der Waals surface area contributed by atoms with Gasteiger partial charge in [0.05, 0.1) is 11.4 Å². The van der Waals surface area contributed by atoms with E-state index in [-0.39, 0.29) is 10.9 Å². The van der Waals surface area contributed by atoms with E-state index in [0.29, 0.717) is 5.69 Å². The van der Waals surface area contributed by atoms with Crippen molar-refractivity contribution in [1.82, 2.24) is 5.06 Å². The summed E-state index contributed by atoms with van der Waals surface area (Å²) in [5.41, 5.74) is 3.32. The normalized spacial score (nSPS) is 14.9. The largest absolute Gasteiger partial charge is 0.424 e. The molecule has 0 N–H and O–H groups in total. The Hall–Kier alpha value is -3.56. The van der Waals surface area contributed by atoms with E-state index >= 15 is 0 Å². The van der Waals surface area contributed by atoms with Crippen molar-refractivity contribution >= 4 is 46.4 Å². The van der Waals surface area contributed by atoms with Crippen LogP contribution in [0.1, 0.15) is 19.4 Å². The van der Waals surface area contributed by atoms with E-state index < -0.39 is 5.91 Å². The van der Waals surface area contributed by atoms with Gasteiger partial charge in [0.25, 0.3) is 0 Å². The molecular formula is C22H22N4O4S. The smallest absolute Gasteiger partial charge is 0.324 e. The monoisotopic (exact) mass is 438 g/mol. The van der Waals surface area contributed by atoms with Crippen LogP contribution in [0.5, 0.6) is 0 Å². The zero-order valence-electron chi connectivity index (χ0n) is 17.2. The van der Waals surface area contributed by atoms with Crippen molar-refractivity contribution in [1.29, 1.82) is 0 Å². The van der Waals surface area contributed by atoms with Gasteiger partial charge < -0.3 is 14.5 Å². The number of ether oxygens (including phenoxy) is 1. The summed E-state index contributed by atoms with van der Waals surface area (Å²) in [4.78, 5) is 23.7. The summed E-state index contributed by atoms with van der Waals surface area (Å²) in [6, 6.07) is 15.1. The molecule has 1 saturated heterocycles. The van der Waals surface area contributed by atoms with Gasteiger partial charge in [-0.3, -0.25) is 4.79 Å². The molecule has 0 bridgehead atoms. The molecule has 0 aromatic heterocycles. The number of thiocarbonyl (C=S) groups is 1. The van der Waals surface area contributed by atoms with Gasteiger partial charge in [-0.15, -0.1) is 0 Å². The van der Waals surface area contributed by atoms with Crippen LogP contribution in [0, 0.1) is 0 Å². The highest BCUT2D eigenvalue weighted by Gasteiger charge is 2.36. The summed E-state index contributed by atoms with van der Waals surface area (Å²) in [5.74, 6) is -0.566. The highest BCUT2D eigenvalue weighted by atomic mass is 32.1. The number of azo groups is 1. The molecule has 0 spiro atoms. The Labute approximate surface area is 185 Å². The summed E-state index contributed by atoms with van der Waals surface area (Å²) in [7, 11) is 0. The van der Waals surface area contributed by atoms with Gasteiger partial charge in [-0.25, -0.2) is 0 Å². The van der Waals surface area contributed by atoms with E-state index in [1.165, 1.54) is 0 Å². The third-order valence-electron chi connectivity index (χ3n) is 4.39. The molecule has 1 aliphatic rings. The summed E-state index contributed by atoms with van der Waals surface area (Å²) < 4.78 is 5.25. The van der Waals surface area contributed by atoms with E-state index in [1.54, 1.807) is 30.3 Å². The van der Waals surface area contributed by atoms with E-state index in [9.17, 15) is 4.79 Å². The molecule has 0 radical (unpaired) electrons. The van der Waals surface area contributed by atoms with Gasteiger partial charge in [-0.2, -0.15) is 10.2 Å². The number of carbonyl (C=O) groups is 1. The predicted molar refractivity (Wildman–Crippen MR) is 121 cm³/mol. The van der Waals surface area contributed by atoms with Crippen molar-refractivity contribution in [2.24, 2.45) is 10.2 Å². The molecule has 160 valence electrons. The number of hydrogen-bond donors (Lipinski definition) is 0. The van der Waals surface area contributed by atoms with Crippen LogP contribution in [0.15, 0.2) is 77.4 Å². The number of rotatable bonds is 9. The van der Waals surface area contributed by atoms with Crippen LogP contribution < -0.4 is 4.90 Å². The van der Waals surface area contributed by atoms with E-state index in [0.717, 1.165) is 41.4 Å². The molecule has 0 saturated carbocycles. The molecule has 0 atom stereocenters. The number of carbonyl (C=O) groups excluding carboxylic acids is 1. The van der Waals surface area contributed by atoms with E-state index in [4.69, 9.17) is 21.9 Å². The lowest BCUT2D eigenvalue weighted by molar-refractivity contribution is -0.352. The fourth-order valence-electron chi connectivity index (χ4n) is 2.81. The number of benzene rings is 2. The minimum absolute atomic E-state index is 0.0142. The molecular weight excluding hydrogens is 416 g/mol. The average Bonchev–Trinajstić information content (AvgIpc) is 3.05. The first-order chi connectivity index (χ1) is 15.0. The third kappa shape index (κ3) is 5.53. The van der Waals surface area contributed by atoms with Crippen LogP contribution in [0.4, 0.5) is 17.1 Å². The van der Waals surface area contributed by atoms with Crippen LogP contribution >= 0.6 is 12.2 Å². The molecule has 3 rings (SSSR count). The molecule has 1 amide bonds. The summed E-state index contributed by atoms with van der Waals surface area (Å²) in [5, 5.41) is 9.08. The van der Waals surface area contributed by atoms with Gasteiger partial charge in [0, 0.05) is 18.8 Å². The number of hydrogen-bond acceptors (Lipinski definition) is 8. The fraction of sp³-hybridized carbons (Fsp3) is 0.182. The first-order valence-corrected chi connectivity index (χ1v) is 10.1. The first-order valence-electron chi connectivity index (χ1n) is 9.64. The van der Waals surface area contributed by atoms with Gasteiger partial charge in [0.1, 0.15) is 6.26 Å². The van der Waals surface area contributed by atoms with Crippen LogP contribution in [0.25, 0.3) is 6.08 Å². The molecule has 2 aromatic carbocycles. The molecule has 1 heterocycles. The third-order valence-corrected chi connectivity index (χ3v) is 4.64. The van der Waals surface area contributed by atoms with Crippen molar-refractivity contribution < 1.29 is 19.4 Å². The predicted octanol–water partition coefficient (Wildman–Crippen LogP) is 5.44. The molecule has 0 aliphatic carbocycles. The van der Waals surface area contributed by atoms with E-state index in [2.05, 4.69) is 40.4 Å². The lowest BCUT2D eigenvalue weighted by atomic mass is 10.2. The topological polar surface area (TPSA) is 76.0 Å². The van der Waals surface area contributed by atoms with Gasteiger partial charge in [0.15, 0.2) is 5.76 Å². The Morgan fingerprint density at radius 3 is 2.19 bits per heavy atom. The molecule has 2 aromatic rings. The maximum absolute atomic E-state index is 12.2. The SMILES string of the molecule is C=COON1C(=O)/C(=C\c2ccc(/N=N/c3ccc(N(CC)CC)cc3)cc2)OC1=S. The minimum atomic E-state index is -0.580. The minimum Gasteiger partial charge on any atom is -0.424 e. The summed E-state index contributed by atoms with van der Waals surface area (Å²) in [6.45, 7) is 9.48. The standard InChI is InChI=1S/C22H22N4O4S/c1-4-25(5-2)19-13-11-18(12-14-19)24-23-17-9-7-16(8-10-17)15-20-21(27)26(22(31)29-20)30-28-6-3/h6-15H,3-5H2,1-2H3/b20-15+,24-23+. The first kappa shape index (κ1) is 22.1.